The van der Waals surface area contributed by atoms with E-state index in [4.69, 9.17) is 0 Å². The minimum absolute atomic E-state index is 0.00467. The van der Waals surface area contributed by atoms with E-state index in [2.05, 4.69) is 15.8 Å². The van der Waals surface area contributed by atoms with Crippen LogP contribution in [0, 0.1) is 17.0 Å². The van der Waals surface area contributed by atoms with Gasteiger partial charge < -0.3 is 5.32 Å². The van der Waals surface area contributed by atoms with Crippen molar-refractivity contribution in [2.24, 2.45) is 5.10 Å². The number of amides is 2. The first-order chi connectivity index (χ1) is 12.4. The number of nitrogens with zero attached hydrogens (tertiary/aromatic N) is 2. The molecule has 2 aromatic carbocycles. The minimum Gasteiger partial charge on any atom is -0.326 e. The van der Waals surface area contributed by atoms with E-state index in [0.717, 1.165) is 5.56 Å². The van der Waals surface area contributed by atoms with Gasteiger partial charge in [-0.05, 0) is 36.8 Å². The van der Waals surface area contributed by atoms with Gasteiger partial charge in [0.15, 0.2) is 0 Å². The largest absolute Gasteiger partial charge is 0.326 e. The van der Waals surface area contributed by atoms with Crippen LogP contribution in [0.25, 0.3) is 0 Å². The maximum absolute atomic E-state index is 11.8. The highest BCUT2D eigenvalue weighted by Gasteiger charge is 2.07. The summed E-state index contributed by atoms with van der Waals surface area (Å²) in [6.07, 6.45) is 1.40. The minimum atomic E-state index is -0.496. The first-order valence-corrected chi connectivity index (χ1v) is 7.87. The molecule has 8 heteroatoms. The fourth-order valence-corrected chi connectivity index (χ4v) is 2.00. The zero-order valence-corrected chi connectivity index (χ0v) is 14.1. The van der Waals surface area contributed by atoms with Crippen molar-refractivity contribution in [1.82, 2.24) is 5.43 Å². The van der Waals surface area contributed by atoms with Gasteiger partial charge in [-0.2, -0.15) is 5.10 Å². The van der Waals surface area contributed by atoms with Crippen LogP contribution >= 0.6 is 0 Å². The smallest absolute Gasteiger partial charge is 0.269 e. The maximum Gasteiger partial charge on any atom is 0.269 e. The van der Waals surface area contributed by atoms with E-state index in [1.54, 1.807) is 12.1 Å². The summed E-state index contributed by atoms with van der Waals surface area (Å²) in [7, 11) is 0. The lowest BCUT2D eigenvalue weighted by molar-refractivity contribution is -0.384. The van der Waals surface area contributed by atoms with Crippen molar-refractivity contribution >= 4 is 29.4 Å². The summed E-state index contributed by atoms with van der Waals surface area (Å²) in [6.45, 7) is 1.95. The van der Waals surface area contributed by atoms with Gasteiger partial charge >= 0.3 is 0 Å². The molecule has 0 aliphatic carbocycles. The Kier molecular flexibility index (Phi) is 6.55. The number of anilines is 1. The van der Waals surface area contributed by atoms with Crippen molar-refractivity contribution in [2.45, 2.75) is 19.8 Å². The number of benzene rings is 2. The molecule has 134 valence electrons. The van der Waals surface area contributed by atoms with Crippen LogP contribution < -0.4 is 10.7 Å². The van der Waals surface area contributed by atoms with Gasteiger partial charge in [0.2, 0.25) is 11.8 Å². The quantitative estimate of drug-likeness (QED) is 0.452. The number of nitro benzene ring substituents is 1. The zero-order chi connectivity index (χ0) is 18.9. The molecule has 0 fully saturated rings. The molecule has 26 heavy (non-hydrogen) atoms. The summed E-state index contributed by atoms with van der Waals surface area (Å²) < 4.78 is 0. The molecule has 2 rings (SSSR count). The number of hydrogen-bond acceptors (Lipinski definition) is 5. The van der Waals surface area contributed by atoms with Crippen molar-refractivity contribution in [3.63, 3.8) is 0 Å². The lowest BCUT2D eigenvalue weighted by Crippen LogP contribution is -2.20. The molecule has 2 N–H and O–H groups in total. The van der Waals surface area contributed by atoms with Gasteiger partial charge in [-0.15, -0.1) is 0 Å². The first-order valence-electron chi connectivity index (χ1n) is 7.87. The maximum atomic E-state index is 11.8. The lowest BCUT2D eigenvalue weighted by Gasteiger charge is -2.05. The standard InChI is InChI=1S/C18H18N4O4/c1-13-2-6-15(7-3-13)20-17(23)10-11-18(24)21-19-12-14-4-8-16(9-5-14)22(25)26/h2-9,12H,10-11H2,1H3,(H,20,23)(H,21,24). The molecule has 0 spiro atoms. The number of hydrogen-bond donors (Lipinski definition) is 2. The van der Waals surface area contributed by atoms with Crippen LogP contribution in [-0.4, -0.2) is 23.0 Å². The highest BCUT2D eigenvalue weighted by atomic mass is 16.6. The number of carbonyl (C=O) groups excluding carboxylic acids is 2. The predicted molar refractivity (Wildman–Crippen MR) is 97.9 cm³/mol. The molecule has 2 amide bonds. The summed E-state index contributed by atoms with van der Waals surface area (Å²) in [6, 6.07) is 13.1. The van der Waals surface area contributed by atoms with E-state index < -0.39 is 10.8 Å². The molecule has 0 aliphatic heterocycles. The van der Waals surface area contributed by atoms with Crippen LogP contribution in [0.5, 0.6) is 0 Å². The Morgan fingerprint density at radius 3 is 2.27 bits per heavy atom. The molecule has 0 saturated carbocycles. The fourth-order valence-electron chi connectivity index (χ4n) is 2.00. The second kappa shape index (κ2) is 9.07. The lowest BCUT2D eigenvalue weighted by atomic mass is 10.2. The van der Waals surface area contributed by atoms with Crippen molar-refractivity contribution in [1.29, 1.82) is 0 Å². The Balaban J connectivity index is 1.73. The molecule has 0 radical (unpaired) electrons. The van der Waals surface area contributed by atoms with E-state index in [9.17, 15) is 19.7 Å². The summed E-state index contributed by atoms with van der Waals surface area (Å²) in [5.74, 6) is -0.662. The number of carbonyl (C=O) groups is 2. The molecule has 0 saturated heterocycles. The topological polar surface area (TPSA) is 114 Å². The highest BCUT2D eigenvalue weighted by molar-refractivity contribution is 5.93. The molecule has 8 nitrogen and oxygen atoms in total. The van der Waals surface area contributed by atoms with E-state index in [1.165, 1.54) is 30.5 Å². The van der Waals surface area contributed by atoms with Crippen LogP contribution in [-0.2, 0) is 9.59 Å². The molecule has 0 unspecified atom stereocenters. The predicted octanol–water partition coefficient (Wildman–Crippen LogP) is 2.77. The van der Waals surface area contributed by atoms with E-state index in [-0.39, 0.29) is 24.4 Å². The first kappa shape index (κ1) is 18.8. The van der Waals surface area contributed by atoms with Crippen LogP contribution in [0.15, 0.2) is 53.6 Å². The zero-order valence-electron chi connectivity index (χ0n) is 14.1. The molecule has 0 atom stereocenters. The van der Waals surface area contributed by atoms with E-state index in [1.807, 2.05) is 19.1 Å². The fraction of sp³-hybridized carbons (Fsp3) is 0.167. The molecule has 0 aliphatic rings. The van der Waals surface area contributed by atoms with Crippen molar-refractivity contribution < 1.29 is 14.5 Å². The monoisotopic (exact) mass is 354 g/mol. The average molecular weight is 354 g/mol. The Morgan fingerprint density at radius 2 is 1.65 bits per heavy atom. The van der Waals surface area contributed by atoms with Gasteiger partial charge in [-0.3, -0.25) is 19.7 Å². The number of nitro groups is 1. The Labute approximate surface area is 150 Å². The van der Waals surface area contributed by atoms with Gasteiger partial charge in [-0.1, -0.05) is 17.7 Å². The van der Waals surface area contributed by atoms with Crippen LogP contribution in [0.3, 0.4) is 0 Å². The van der Waals surface area contributed by atoms with Gasteiger partial charge in [0.25, 0.3) is 5.69 Å². The summed E-state index contributed by atoms with van der Waals surface area (Å²) in [5, 5.41) is 17.0. The van der Waals surface area contributed by atoms with Gasteiger partial charge in [0.1, 0.15) is 0 Å². The SMILES string of the molecule is Cc1ccc(NC(=O)CCC(=O)NN=Cc2ccc([N+](=O)[O-])cc2)cc1. The number of rotatable bonds is 7. The molecule has 0 aromatic heterocycles. The molecular formula is C18H18N4O4. The normalized spacial score (nSPS) is 10.5. The second-order valence-corrected chi connectivity index (χ2v) is 5.56. The van der Waals surface area contributed by atoms with Gasteiger partial charge in [-0.25, -0.2) is 5.43 Å². The Morgan fingerprint density at radius 1 is 1.04 bits per heavy atom. The number of nitrogens with one attached hydrogen (secondary N) is 2. The van der Waals surface area contributed by atoms with Crippen molar-refractivity contribution in [2.75, 3.05) is 5.32 Å². The van der Waals surface area contributed by atoms with E-state index in [0.29, 0.717) is 11.3 Å². The van der Waals surface area contributed by atoms with Gasteiger partial charge in [0, 0.05) is 30.7 Å². The molecule has 2 aromatic rings. The summed E-state index contributed by atoms with van der Waals surface area (Å²) in [4.78, 5) is 33.5. The average Bonchev–Trinajstić information content (AvgIpc) is 2.62. The van der Waals surface area contributed by atoms with Crippen LogP contribution in [0.2, 0.25) is 0 Å². The molecule has 0 bridgehead atoms. The Hall–Kier alpha value is -3.55. The second-order valence-electron chi connectivity index (χ2n) is 5.56. The third kappa shape index (κ3) is 6.16. The molecular weight excluding hydrogens is 336 g/mol. The molecule has 0 heterocycles. The third-order valence-electron chi connectivity index (χ3n) is 3.42. The van der Waals surface area contributed by atoms with Crippen LogP contribution in [0.4, 0.5) is 11.4 Å². The number of aryl methyl sites for hydroxylation is 1. The van der Waals surface area contributed by atoms with Crippen molar-refractivity contribution in [3.8, 4) is 0 Å². The van der Waals surface area contributed by atoms with E-state index >= 15 is 0 Å². The summed E-state index contributed by atoms with van der Waals surface area (Å²) in [5.41, 5.74) is 4.66. The number of non-ortho nitro benzene ring substituents is 1. The van der Waals surface area contributed by atoms with Crippen LogP contribution in [0.1, 0.15) is 24.0 Å². The Bertz CT molecular complexity index is 814. The number of hydrazone groups is 1. The van der Waals surface area contributed by atoms with Gasteiger partial charge in [0.05, 0.1) is 11.1 Å². The summed E-state index contributed by atoms with van der Waals surface area (Å²) >= 11 is 0. The van der Waals surface area contributed by atoms with Crippen molar-refractivity contribution in [3.05, 3.63) is 69.8 Å². The highest BCUT2D eigenvalue weighted by Crippen LogP contribution is 2.11. The third-order valence-corrected chi connectivity index (χ3v) is 3.42.